The van der Waals surface area contributed by atoms with Crippen molar-refractivity contribution in [1.82, 2.24) is 4.98 Å². The topological polar surface area (TPSA) is 48.4 Å². The lowest BCUT2D eigenvalue weighted by Crippen LogP contribution is -2.44. The van der Waals surface area contributed by atoms with Gasteiger partial charge in [-0.2, -0.15) is 0 Å². The average molecular weight is 394 g/mol. The van der Waals surface area contributed by atoms with Crippen LogP contribution < -0.4 is 0 Å². The predicted octanol–water partition coefficient (Wildman–Crippen LogP) is 6.27. The summed E-state index contributed by atoms with van der Waals surface area (Å²) in [5.41, 5.74) is 0.777. The number of carbonyl (C=O) groups is 1. The zero-order valence-corrected chi connectivity index (χ0v) is 19.2. The summed E-state index contributed by atoms with van der Waals surface area (Å²) < 4.78 is 12.0. The van der Waals surface area contributed by atoms with Crippen LogP contribution in [0.15, 0.2) is 24.4 Å². The molecule has 5 heteroatoms. The first-order chi connectivity index (χ1) is 12.7. The molecule has 0 aliphatic rings. The Morgan fingerprint density at radius 3 is 2.48 bits per heavy atom. The van der Waals surface area contributed by atoms with Gasteiger partial charge in [-0.1, -0.05) is 59.4 Å². The van der Waals surface area contributed by atoms with E-state index in [9.17, 15) is 4.79 Å². The summed E-state index contributed by atoms with van der Waals surface area (Å²) in [7, 11) is -1.84. The van der Waals surface area contributed by atoms with Crippen LogP contribution in [0.1, 0.15) is 78.3 Å². The number of esters is 1. The molecule has 1 unspecified atom stereocenters. The Bertz CT molecular complexity index is 540. The van der Waals surface area contributed by atoms with E-state index in [1.807, 2.05) is 18.2 Å². The molecule has 1 rings (SSSR count). The molecular formula is C22H39NO3Si. The summed E-state index contributed by atoms with van der Waals surface area (Å²) in [6.45, 7) is 13.8. The third-order valence-electron chi connectivity index (χ3n) is 5.42. The molecule has 27 heavy (non-hydrogen) atoms. The lowest BCUT2D eigenvalue weighted by molar-refractivity contribution is -0.145. The molecule has 1 atom stereocenters. The molecule has 0 amide bonds. The SMILES string of the molecule is CCCCCCC(CCC(=O)OCc1ccccn1)O[Si](C)(C)C(C)(C)C. The van der Waals surface area contributed by atoms with Crippen LogP contribution in [0, 0.1) is 0 Å². The minimum Gasteiger partial charge on any atom is -0.459 e. The summed E-state index contributed by atoms with van der Waals surface area (Å²) in [5, 5.41) is 0.175. The molecule has 0 saturated heterocycles. The van der Waals surface area contributed by atoms with Gasteiger partial charge >= 0.3 is 5.97 Å². The number of pyridine rings is 1. The van der Waals surface area contributed by atoms with Gasteiger partial charge in [-0.15, -0.1) is 0 Å². The van der Waals surface area contributed by atoms with Gasteiger partial charge in [0.25, 0.3) is 0 Å². The second-order valence-electron chi connectivity index (χ2n) is 8.87. The maximum Gasteiger partial charge on any atom is 0.306 e. The third kappa shape index (κ3) is 9.52. The third-order valence-corrected chi connectivity index (χ3v) is 9.96. The van der Waals surface area contributed by atoms with Crippen molar-refractivity contribution in [2.45, 2.75) is 103 Å². The highest BCUT2D eigenvalue weighted by molar-refractivity contribution is 6.74. The van der Waals surface area contributed by atoms with Gasteiger partial charge in [0, 0.05) is 18.7 Å². The number of hydrogen-bond donors (Lipinski definition) is 0. The average Bonchev–Trinajstić information content (AvgIpc) is 2.61. The van der Waals surface area contributed by atoms with Gasteiger partial charge in [0.2, 0.25) is 0 Å². The zero-order valence-electron chi connectivity index (χ0n) is 18.2. The van der Waals surface area contributed by atoms with E-state index in [4.69, 9.17) is 9.16 Å². The maximum absolute atomic E-state index is 12.2. The highest BCUT2D eigenvalue weighted by atomic mass is 28.4. The van der Waals surface area contributed by atoms with Crippen LogP contribution in [0.3, 0.4) is 0 Å². The lowest BCUT2D eigenvalue weighted by atomic mass is 10.1. The monoisotopic (exact) mass is 393 g/mol. The molecule has 1 heterocycles. The normalized spacial score (nSPS) is 13.4. The molecule has 0 aliphatic carbocycles. The van der Waals surface area contributed by atoms with Crippen LogP contribution in [-0.2, 0) is 20.6 Å². The molecule has 1 aromatic rings. The fraction of sp³-hybridized carbons (Fsp3) is 0.727. The zero-order chi connectivity index (χ0) is 20.3. The van der Waals surface area contributed by atoms with E-state index < -0.39 is 8.32 Å². The Hall–Kier alpha value is -1.20. The van der Waals surface area contributed by atoms with Crippen LogP contribution in [0.25, 0.3) is 0 Å². The minimum absolute atomic E-state index is 0.144. The summed E-state index contributed by atoms with van der Waals surface area (Å²) in [6.07, 6.45) is 8.91. The van der Waals surface area contributed by atoms with Gasteiger partial charge in [0.05, 0.1) is 5.69 Å². The van der Waals surface area contributed by atoms with Gasteiger partial charge in [0.15, 0.2) is 8.32 Å². The number of unbranched alkanes of at least 4 members (excludes halogenated alkanes) is 3. The second kappa shape index (κ2) is 11.6. The fourth-order valence-corrected chi connectivity index (χ4v) is 4.07. The molecule has 0 N–H and O–H groups in total. The number of ether oxygens (including phenoxy) is 1. The Morgan fingerprint density at radius 1 is 1.15 bits per heavy atom. The first-order valence-electron chi connectivity index (χ1n) is 10.4. The summed E-state index contributed by atoms with van der Waals surface area (Å²) in [4.78, 5) is 16.3. The van der Waals surface area contributed by atoms with Gasteiger partial charge in [0.1, 0.15) is 6.61 Å². The fourth-order valence-electron chi connectivity index (χ4n) is 2.64. The molecule has 154 valence electrons. The van der Waals surface area contributed by atoms with E-state index in [0.29, 0.717) is 6.42 Å². The Labute approximate surface area is 167 Å². The van der Waals surface area contributed by atoms with Crippen molar-refractivity contribution in [2.75, 3.05) is 0 Å². The predicted molar refractivity (Wildman–Crippen MR) is 114 cm³/mol. The summed E-state index contributed by atoms with van der Waals surface area (Å²) in [5.74, 6) is -0.168. The second-order valence-corrected chi connectivity index (χ2v) is 13.6. The van der Waals surface area contributed by atoms with E-state index in [1.165, 1.54) is 19.3 Å². The first-order valence-corrected chi connectivity index (χ1v) is 13.3. The molecule has 0 saturated carbocycles. The summed E-state index contributed by atoms with van der Waals surface area (Å²) in [6, 6.07) is 5.62. The van der Waals surface area contributed by atoms with Crippen molar-refractivity contribution >= 4 is 14.3 Å². The smallest absolute Gasteiger partial charge is 0.306 e. The van der Waals surface area contributed by atoms with Crippen molar-refractivity contribution in [3.63, 3.8) is 0 Å². The number of carbonyl (C=O) groups excluding carboxylic acids is 1. The lowest BCUT2D eigenvalue weighted by Gasteiger charge is -2.39. The highest BCUT2D eigenvalue weighted by Gasteiger charge is 2.39. The molecule has 0 radical (unpaired) electrons. The maximum atomic E-state index is 12.2. The van der Waals surface area contributed by atoms with Crippen LogP contribution in [0.5, 0.6) is 0 Å². The van der Waals surface area contributed by atoms with Gasteiger partial charge in [-0.05, 0) is 43.1 Å². The summed E-state index contributed by atoms with van der Waals surface area (Å²) >= 11 is 0. The van der Waals surface area contributed by atoms with Crippen molar-refractivity contribution < 1.29 is 14.0 Å². The molecule has 0 aromatic carbocycles. The van der Waals surface area contributed by atoms with Crippen molar-refractivity contribution in [1.29, 1.82) is 0 Å². The van der Waals surface area contributed by atoms with Crippen LogP contribution >= 0.6 is 0 Å². The van der Waals surface area contributed by atoms with Crippen LogP contribution in [0.4, 0.5) is 0 Å². The van der Waals surface area contributed by atoms with Crippen LogP contribution in [-0.4, -0.2) is 25.4 Å². The molecule has 0 aliphatic heterocycles. The molecule has 1 aromatic heterocycles. The number of rotatable bonds is 12. The van der Waals surface area contributed by atoms with Crippen molar-refractivity contribution in [3.05, 3.63) is 30.1 Å². The standard InChI is InChI=1S/C22H39NO3Si/c1-7-8-9-10-14-20(26-27(5,6)22(2,3)4)15-16-21(24)25-18-19-13-11-12-17-23-19/h11-13,17,20H,7-10,14-16,18H2,1-6H3. The number of aromatic nitrogens is 1. The molecule has 0 spiro atoms. The van der Waals surface area contributed by atoms with Crippen molar-refractivity contribution in [3.8, 4) is 0 Å². The highest BCUT2D eigenvalue weighted by Crippen LogP contribution is 2.38. The van der Waals surface area contributed by atoms with Gasteiger partial charge in [-0.3, -0.25) is 9.78 Å². The van der Waals surface area contributed by atoms with Gasteiger partial charge < -0.3 is 9.16 Å². The first kappa shape index (κ1) is 23.8. The molecule has 4 nitrogen and oxygen atoms in total. The molecular weight excluding hydrogens is 354 g/mol. The number of nitrogens with zero attached hydrogens (tertiary/aromatic N) is 1. The quantitative estimate of drug-likeness (QED) is 0.239. The van der Waals surface area contributed by atoms with Crippen LogP contribution in [0.2, 0.25) is 18.1 Å². The minimum atomic E-state index is -1.84. The van der Waals surface area contributed by atoms with E-state index >= 15 is 0 Å². The Kier molecular flexibility index (Phi) is 10.2. The molecule has 0 bridgehead atoms. The molecule has 0 fully saturated rings. The van der Waals surface area contributed by atoms with Gasteiger partial charge in [-0.25, -0.2) is 0 Å². The van der Waals surface area contributed by atoms with E-state index in [0.717, 1.165) is 25.0 Å². The van der Waals surface area contributed by atoms with E-state index in [-0.39, 0.29) is 23.7 Å². The Morgan fingerprint density at radius 2 is 1.89 bits per heavy atom. The van der Waals surface area contributed by atoms with E-state index in [1.54, 1.807) is 6.20 Å². The van der Waals surface area contributed by atoms with Crippen molar-refractivity contribution in [2.24, 2.45) is 0 Å². The largest absolute Gasteiger partial charge is 0.459 e. The number of hydrogen-bond acceptors (Lipinski definition) is 4. The Balaban J connectivity index is 2.52. The van der Waals surface area contributed by atoms with E-state index in [2.05, 4.69) is 45.8 Å².